The highest BCUT2D eigenvalue weighted by atomic mass is 16.5. The number of nitrogens with zero attached hydrogens (tertiary/aromatic N) is 1. The van der Waals surface area contributed by atoms with Gasteiger partial charge in [-0.3, -0.25) is 9.59 Å². The van der Waals surface area contributed by atoms with Gasteiger partial charge in [-0.1, -0.05) is 49.4 Å². The number of ether oxygens (including phenoxy) is 1. The summed E-state index contributed by atoms with van der Waals surface area (Å²) in [6.45, 7) is 3.15. The molecule has 1 amide bonds. The number of benzene rings is 2. The number of rotatable bonds is 10. The molecule has 7 N–H and O–H groups in total. The maximum Gasteiger partial charge on any atom is 0.304 e. The number of hydrogen-bond donors (Lipinski definition) is 2. The standard InChI is InChI=1S/C24H30N2O4.2H2O/c1-24(15-22(27)28)14-20(17-30-21-11-9-19(16-25)10-12-21)26(23(24)29)13-5-8-18-6-3-2-4-7-18;;/h2-4,6-7,9-12,20H,5,8,13-17,25H2,1H3,(H,27,28);2*1H2/t20-,24+;;/m1../s1. The van der Waals surface area contributed by atoms with Gasteiger partial charge in [0, 0.05) is 13.1 Å². The molecule has 1 aliphatic heterocycles. The molecule has 32 heavy (non-hydrogen) atoms. The van der Waals surface area contributed by atoms with Gasteiger partial charge in [-0.15, -0.1) is 0 Å². The molecular weight excluding hydrogens is 412 g/mol. The lowest BCUT2D eigenvalue weighted by Crippen LogP contribution is -2.39. The summed E-state index contributed by atoms with van der Waals surface area (Å²) in [5.41, 5.74) is 6.99. The molecule has 8 nitrogen and oxygen atoms in total. The van der Waals surface area contributed by atoms with Crippen LogP contribution in [0.2, 0.25) is 0 Å². The van der Waals surface area contributed by atoms with Crippen LogP contribution in [0.3, 0.4) is 0 Å². The van der Waals surface area contributed by atoms with Crippen molar-refractivity contribution in [2.45, 2.75) is 45.2 Å². The lowest BCUT2D eigenvalue weighted by Gasteiger charge is -2.25. The van der Waals surface area contributed by atoms with Crippen LogP contribution in [0.15, 0.2) is 54.6 Å². The number of carbonyl (C=O) groups excluding carboxylic acids is 1. The van der Waals surface area contributed by atoms with Crippen molar-refractivity contribution in [3.8, 4) is 5.75 Å². The lowest BCUT2D eigenvalue weighted by atomic mass is 9.84. The van der Waals surface area contributed by atoms with Crippen molar-refractivity contribution in [2.75, 3.05) is 13.2 Å². The van der Waals surface area contributed by atoms with Gasteiger partial charge in [0.05, 0.1) is 17.9 Å². The molecule has 176 valence electrons. The van der Waals surface area contributed by atoms with Crippen molar-refractivity contribution in [3.05, 3.63) is 65.7 Å². The predicted molar refractivity (Wildman–Crippen MR) is 122 cm³/mol. The molecule has 1 saturated heterocycles. The predicted octanol–water partition coefficient (Wildman–Crippen LogP) is 1.59. The fourth-order valence-corrected chi connectivity index (χ4v) is 4.16. The Kier molecular flexibility index (Phi) is 10.3. The minimum absolute atomic E-state index is 0. The van der Waals surface area contributed by atoms with Gasteiger partial charge in [0.25, 0.3) is 0 Å². The van der Waals surface area contributed by atoms with E-state index in [-0.39, 0.29) is 29.3 Å². The molecule has 0 aliphatic carbocycles. The molecular formula is C24H34N2O6. The summed E-state index contributed by atoms with van der Waals surface area (Å²) >= 11 is 0. The highest BCUT2D eigenvalue weighted by Gasteiger charge is 2.49. The van der Waals surface area contributed by atoms with E-state index in [0.29, 0.717) is 26.1 Å². The Hall–Kier alpha value is -2.94. The lowest BCUT2D eigenvalue weighted by molar-refractivity contribution is -0.146. The number of carboxylic acid groups (broad SMARTS) is 1. The van der Waals surface area contributed by atoms with Crippen molar-refractivity contribution < 1.29 is 30.4 Å². The van der Waals surface area contributed by atoms with E-state index in [2.05, 4.69) is 12.1 Å². The molecule has 2 aromatic carbocycles. The van der Waals surface area contributed by atoms with Crippen LogP contribution in [0, 0.1) is 5.41 Å². The van der Waals surface area contributed by atoms with Crippen LogP contribution >= 0.6 is 0 Å². The number of carboxylic acids is 1. The third-order valence-corrected chi connectivity index (χ3v) is 5.75. The van der Waals surface area contributed by atoms with Crippen LogP contribution in [0.1, 0.15) is 37.3 Å². The largest absolute Gasteiger partial charge is 0.491 e. The first-order valence-electron chi connectivity index (χ1n) is 10.4. The Morgan fingerprint density at radius 2 is 1.78 bits per heavy atom. The minimum atomic E-state index is -0.950. The zero-order valence-electron chi connectivity index (χ0n) is 18.4. The van der Waals surface area contributed by atoms with Crippen LogP contribution in [0.25, 0.3) is 0 Å². The molecule has 0 spiro atoms. The third-order valence-electron chi connectivity index (χ3n) is 5.75. The number of likely N-dealkylation sites (tertiary alicyclic amines) is 1. The van der Waals surface area contributed by atoms with E-state index in [1.54, 1.807) is 6.92 Å². The van der Waals surface area contributed by atoms with Crippen LogP contribution in [0.5, 0.6) is 5.75 Å². The van der Waals surface area contributed by atoms with E-state index in [1.165, 1.54) is 5.56 Å². The van der Waals surface area contributed by atoms with E-state index >= 15 is 0 Å². The van der Waals surface area contributed by atoms with Gasteiger partial charge in [-0.25, -0.2) is 0 Å². The zero-order chi connectivity index (χ0) is 21.6. The summed E-state index contributed by atoms with van der Waals surface area (Å²) in [6, 6.07) is 17.6. The summed E-state index contributed by atoms with van der Waals surface area (Å²) in [6.07, 6.45) is 2.00. The Morgan fingerprint density at radius 3 is 2.38 bits per heavy atom. The molecule has 2 aromatic rings. The average molecular weight is 447 g/mol. The first kappa shape index (κ1) is 27.1. The Morgan fingerprint density at radius 1 is 1.12 bits per heavy atom. The maximum atomic E-state index is 13.1. The third kappa shape index (κ3) is 6.78. The Balaban J connectivity index is 0.00000256. The van der Waals surface area contributed by atoms with Crippen LogP contribution in [0.4, 0.5) is 0 Å². The minimum Gasteiger partial charge on any atom is -0.491 e. The van der Waals surface area contributed by atoms with Crippen molar-refractivity contribution in [1.82, 2.24) is 4.90 Å². The second-order valence-electron chi connectivity index (χ2n) is 8.24. The van der Waals surface area contributed by atoms with Gasteiger partial charge in [0.2, 0.25) is 5.91 Å². The van der Waals surface area contributed by atoms with Gasteiger partial charge >= 0.3 is 5.97 Å². The van der Waals surface area contributed by atoms with Crippen LogP contribution in [-0.4, -0.2) is 52.0 Å². The van der Waals surface area contributed by atoms with Crippen LogP contribution in [-0.2, 0) is 22.6 Å². The van der Waals surface area contributed by atoms with Crippen molar-refractivity contribution in [3.63, 3.8) is 0 Å². The van der Waals surface area contributed by atoms with E-state index < -0.39 is 11.4 Å². The summed E-state index contributed by atoms with van der Waals surface area (Å²) in [4.78, 5) is 26.3. The molecule has 8 heteroatoms. The second-order valence-corrected chi connectivity index (χ2v) is 8.24. The van der Waals surface area contributed by atoms with Gasteiger partial charge in [0.1, 0.15) is 12.4 Å². The normalized spacial score (nSPS) is 19.8. The first-order chi connectivity index (χ1) is 14.4. The smallest absolute Gasteiger partial charge is 0.304 e. The number of carbonyl (C=O) groups is 2. The van der Waals surface area contributed by atoms with Gasteiger partial charge in [0.15, 0.2) is 0 Å². The molecule has 1 fully saturated rings. The van der Waals surface area contributed by atoms with E-state index in [1.807, 2.05) is 47.4 Å². The SMILES string of the molecule is C[C@@]1(CC(=O)O)C[C@H](COc2ccc(CN)cc2)N(CCCc2ccccc2)C1=O.O.O. The number of hydrogen-bond acceptors (Lipinski definition) is 4. The fraction of sp³-hybridized carbons (Fsp3) is 0.417. The van der Waals surface area contributed by atoms with Crippen molar-refractivity contribution in [1.29, 1.82) is 0 Å². The molecule has 0 unspecified atom stereocenters. The number of nitrogens with two attached hydrogens (primary N) is 1. The molecule has 0 radical (unpaired) electrons. The molecule has 1 heterocycles. The molecule has 2 atom stereocenters. The number of amides is 1. The zero-order valence-corrected chi connectivity index (χ0v) is 18.4. The van der Waals surface area contributed by atoms with Crippen LogP contribution < -0.4 is 10.5 Å². The fourth-order valence-electron chi connectivity index (χ4n) is 4.16. The summed E-state index contributed by atoms with van der Waals surface area (Å²) in [5.74, 6) is -0.324. The average Bonchev–Trinajstić information content (AvgIpc) is 2.97. The maximum absolute atomic E-state index is 13.1. The van der Waals surface area contributed by atoms with Crippen molar-refractivity contribution >= 4 is 11.9 Å². The van der Waals surface area contributed by atoms with E-state index in [4.69, 9.17) is 10.5 Å². The van der Waals surface area contributed by atoms with Gasteiger partial charge in [-0.05, 0) is 42.5 Å². The van der Waals surface area contributed by atoms with Crippen molar-refractivity contribution in [2.24, 2.45) is 11.1 Å². The Labute approximate surface area is 188 Å². The highest BCUT2D eigenvalue weighted by Crippen LogP contribution is 2.39. The number of aryl methyl sites for hydroxylation is 1. The first-order valence-corrected chi connectivity index (χ1v) is 10.4. The second kappa shape index (κ2) is 12.2. The molecule has 0 bridgehead atoms. The molecule has 3 rings (SSSR count). The Bertz CT molecular complexity index is 859. The topological polar surface area (TPSA) is 156 Å². The highest BCUT2D eigenvalue weighted by molar-refractivity contribution is 5.88. The number of aliphatic carboxylic acids is 1. The van der Waals surface area contributed by atoms with E-state index in [9.17, 15) is 14.7 Å². The quantitative estimate of drug-likeness (QED) is 0.567. The molecule has 0 saturated carbocycles. The van der Waals surface area contributed by atoms with E-state index in [0.717, 1.165) is 24.2 Å². The molecule has 0 aromatic heterocycles. The summed E-state index contributed by atoms with van der Waals surface area (Å²) < 4.78 is 5.95. The van der Waals surface area contributed by atoms with Gasteiger partial charge in [-0.2, -0.15) is 0 Å². The monoisotopic (exact) mass is 446 g/mol. The summed E-state index contributed by atoms with van der Waals surface area (Å²) in [5, 5.41) is 9.30. The summed E-state index contributed by atoms with van der Waals surface area (Å²) in [7, 11) is 0. The van der Waals surface area contributed by atoms with Gasteiger partial charge < -0.3 is 31.4 Å². The molecule has 1 aliphatic rings.